The van der Waals surface area contributed by atoms with Gasteiger partial charge in [-0.15, -0.1) is 0 Å². The summed E-state index contributed by atoms with van der Waals surface area (Å²) in [6.07, 6.45) is 4.86. The maximum absolute atomic E-state index is 12.5. The molecule has 1 N–H and O–H groups in total. The molecule has 0 unspecified atom stereocenters. The van der Waals surface area contributed by atoms with E-state index >= 15 is 0 Å². The fourth-order valence-electron chi connectivity index (χ4n) is 3.67. The lowest BCUT2D eigenvalue weighted by molar-refractivity contribution is 0.102. The summed E-state index contributed by atoms with van der Waals surface area (Å²) < 4.78 is 0. The van der Waals surface area contributed by atoms with Crippen LogP contribution in [-0.2, 0) is 6.42 Å². The molecule has 1 aliphatic heterocycles. The summed E-state index contributed by atoms with van der Waals surface area (Å²) >= 11 is 0. The second-order valence-corrected chi connectivity index (χ2v) is 7.20. The minimum Gasteiger partial charge on any atom is -0.356 e. The number of hydrogen-bond acceptors (Lipinski definition) is 4. The van der Waals surface area contributed by atoms with E-state index in [0.717, 1.165) is 43.9 Å². The number of hydrogen-bond donors (Lipinski definition) is 1. The van der Waals surface area contributed by atoms with Crippen molar-refractivity contribution in [1.82, 2.24) is 9.97 Å². The predicted molar refractivity (Wildman–Crippen MR) is 112 cm³/mol. The molecule has 1 fully saturated rings. The smallest absolute Gasteiger partial charge is 0.274 e. The summed E-state index contributed by atoms with van der Waals surface area (Å²) in [5.41, 5.74) is 2.55. The molecule has 0 aliphatic carbocycles. The van der Waals surface area contributed by atoms with Gasteiger partial charge in [-0.1, -0.05) is 48.5 Å². The topological polar surface area (TPSA) is 58.1 Å². The molecule has 1 saturated heterocycles. The van der Waals surface area contributed by atoms with Gasteiger partial charge in [-0.3, -0.25) is 4.79 Å². The molecule has 0 bridgehead atoms. The highest BCUT2D eigenvalue weighted by molar-refractivity contribution is 6.03. The van der Waals surface area contributed by atoms with Gasteiger partial charge in [-0.05, 0) is 42.9 Å². The van der Waals surface area contributed by atoms with E-state index in [-0.39, 0.29) is 5.91 Å². The van der Waals surface area contributed by atoms with Crippen molar-refractivity contribution in [2.75, 3.05) is 23.3 Å². The van der Waals surface area contributed by atoms with Crippen molar-refractivity contribution in [1.29, 1.82) is 0 Å². The molecule has 1 aromatic heterocycles. The van der Waals surface area contributed by atoms with Gasteiger partial charge in [0, 0.05) is 24.8 Å². The highest BCUT2D eigenvalue weighted by Gasteiger charge is 2.21. The average Bonchev–Trinajstić information content (AvgIpc) is 2.76. The quantitative estimate of drug-likeness (QED) is 0.730. The van der Waals surface area contributed by atoms with Gasteiger partial charge in [0.25, 0.3) is 5.91 Å². The molecule has 0 atom stereocenters. The van der Waals surface area contributed by atoms with Crippen LogP contribution in [0.25, 0.3) is 0 Å². The molecule has 2 heterocycles. The van der Waals surface area contributed by atoms with Crippen molar-refractivity contribution in [2.45, 2.75) is 19.3 Å². The van der Waals surface area contributed by atoms with E-state index in [2.05, 4.69) is 50.5 Å². The zero-order valence-electron chi connectivity index (χ0n) is 15.8. The average molecular weight is 372 g/mol. The minimum absolute atomic E-state index is 0.214. The van der Waals surface area contributed by atoms with Crippen LogP contribution in [0.1, 0.15) is 28.9 Å². The summed E-state index contributed by atoms with van der Waals surface area (Å²) in [6, 6.07) is 21.9. The van der Waals surface area contributed by atoms with Crippen LogP contribution in [0, 0.1) is 5.92 Å². The Balaban J connectivity index is 1.36. The molecule has 1 amide bonds. The standard InChI is InChI=1S/C23H24N4O/c28-23(26-20-9-5-2-6-10-20)21-16-22(25-17-24-21)27-13-11-19(12-14-27)15-18-7-3-1-4-8-18/h1-10,16-17,19H,11-15H2,(H,26,28). The number of benzene rings is 2. The lowest BCUT2D eigenvalue weighted by atomic mass is 9.90. The van der Waals surface area contributed by atoms with Crippen molar-refractivity contribution in [3.8, 4) is 0 Å². The molecule has 4 rings (SSSR count). The third-order valence-electron chi connectivity index (χ3n) is 5.22. The van der Waals surface area contributed by atoms with Crippen LogP contribution in [0.4, 0.5) is 11.5 Å². The van der Waals surface area contributed by atoms with Crippen molar-refractivity contribution in [2.24, 2.45) is 5.92 Å². The Kier molecular flexibility index (Phi) is 5.61. The Morgan fingerprint density at radius 1 is 0.964 bits per heavy atom. The monoisotopic (exact) mass is 372 g/mol. The van der Waals surface area contributed by atoms with E-state index in [1.165, 1.54) is 11.9 Å². The van der Waals surface area contributed by atoms with E-state index in [4.69, 9.17) is 0 Å². The highest BCUT2D eigenvalue weighted by atomic mass is 16.1. The molecule has 0 radical (unpaired) electrons. The number of carbonyl (C=O) groups excluding carboxylic acids is 1. The van der Waals surface area contributed by atoms with Crippen LogP contribution in [0.15, 0.2) is 73.1 Å². The second-order valence-electron chi connectivity index (χ2n) is 7.20. The van der Waals surface area contributed by atoms with Crippen LogP contribution in [0.2, 0.25) is 0 Å². The molecule has 0 spiro atoms. The van der Waals surface area contributed by atoms with Crippen LogP contribution in [-0.4, -0.2) is 29.0 Å². The highest BCUT2D eigenvalue weighted by Crippen LogP contribution is 2.25. The van der Waals surface area contributed by atoms with Gasteiger partial charge in [-0.25, -0.2) is 9.97 Å². The van der Waals surface area contributed by atoms with Crippen LogP contribution in [0.3, 0.4) is 0 Å². The van der Waals surface area contributed by atoms with Gasteiger partial charge in [0.2, 0.25) is 0 Å². The van der Waals surface area contributed by atoms with Crippen molar-refractivity contribution < 1.29 is 4.79 Å². The molecule has 5 nitrogen and oxygen atoms in total. The van der Waals surface area contributed by atoms with Gasteiger partial charge in [-0.2, -0.15) is 0 Å². The zero-order chi connectivity index (χ0) is 19.2. The third kappa shape index (κ3) is 4.55. The number of aromatic nitrogens is 2. The van der Waals surface area contributed by atoms with Gasteiger partial charge < -0.3 is 10.2 Å². The number of nitrogens with one attached hydrogen (secondary N) is 1. The van der Waals surface area contributed by atoms with Crippen LogP contribution in [0.5, 0.6) is 0 Å². The number of piperidine rings is 1. The molecule has 3 aromatic rings. The lowest BCUT2D eigenvalue weighted by Crippen LogP contribution is -2.35. The van der Waals surface area contributed by atoms with Crippen LogP contribution < -0.4 is 10.2 Å². The van der Waals surface area contributed by atoms with E-state index in [9.17, 15) is 4.79 Å². The fourth-order valence-corrected chi connectivity index (χ4v) is 3.67. The summed E-state index contributed by atoms with van der Waals surface area (Å²) in [7, 11) is 0. The first-order valence-corrected chi connectivity index (χ1v) is 9.75. The number of rotatable bonds is 5. The Morgan fingerprint density at radius 3 is 2.36 bits per heavy atom. The predicted octanol–water partition coefficient (Wildman–Crippen LogP) is 4.19. The third-order valence-corrected chi connectivity index (χ3v) is 5.22. The van der Waals surface area contributed by atoms with E-state index in [0.29, 0.717) is 11.6 Å². The zero-order valence-corrected chi connectivity index (χ0v) is 15.8. The van der Waals surface area contributed by atoms with Gasteiger partial charge in [0.1, 0.15) is 17.8 Å². The summed E-state index contributed by atoms with van der Waals surface area (Å²) in [5, 5.41) is 2.87. The van der Waals surface area contributed by atoms with E-state index < -0.39 is 0 Å². The van der Waals surface area contributed by atoms with Crippen molar-refractivity contribution in [3.63, 3.8) is 0 Å². The Morgan fingerprint density at radius 2 is 1.64 bits per heavy atom. The summed E-state index contributed by atoms with van der Waals surface area (Å²) in [6.45, 7) is 1.91. The molecule has 2 aromatic carbocycles. The maximum atomic E-state index is 12.5. The molecular formula is C23H24N4O. The van der Waals surface area contributed by atoms with E-state index in [1.807, 2.05) is 30.3 Å². The molecular weight excluding hydrogens is 348 g/mol. The van der Waals surface area contributed by atoms with E-state index in [1.54, 1.807) is 6.07 Å². The summed E-state index contributed by atoms with van der Waals surface area (Å²) in [4.78, 5) is 23.3. The van der Waals surface area contributed by atoms with Gasteiger partial charge in [0.15, 0.2) is 0 Å². The Labute approximate surface area is 165 Å². The number of amides is 1. The lowest BCUT2D eigenvalue weighted by Gasteiger charge is -2.33. The van der Waals surface area contributed by atoms with Crippen molar-refractivity contribution in [3.05, 3.63) is 84.3 Å². The molecule has 1 aliphatic rings. The maximum Gasteiger partial charge on any atom is 0.274 e. The first-order chi connectivity index (χ1) is 13.8. The molecule has 0 saturated carbocycles. The fraction of sp³-hybridized carbons (Fsp3) is 0.261. The Bertz CT molecular complexity index is 906. The first kappa shape index (κ1) is 18.2. The SMILES string of the molecule is O=C(Nc1ccccc1)c1cc(N2CCC(Cc3ccccc3)CC2)ncn1. The molecule has 5 heteroatoms. The molecule has 142 valence electrons. The largest absolute Gasteiger partial charge is 0.356 e. The van der Waals surface area contributed by atoms with Crippen molar-refractivity contribution >= 4 is 17.4 Å². The summed E-state index contributed by atoms with van der Waals surface area (Å²) in [5.74, 6) is 1.31. The normalized spacial score (nSPS) is 14.6. The van der Waals surface area contributed by atoms with Gasteiger partial charge >= 0.3 is 0 Å². The second kappa shape index (κ2) is 8.65. The number of para-hydroxylation sites is 1. The number of carbonyl (C=O) groups is 1. The minimum atomic E-state index is -0.214. The number of nitrogens with zero attached hydrogens (tertiary/aromatic N) is 3. The van der Waals surface area contributed by atoms with Crippen LogP contribution >= 0.6 is 0 Å². The molecule has 28 heavy (non-hydrogen) atoms. The Hall–Kier alpha value is -3.21. The number of anilines is 2. The first-order valence-electron chi connectivity index (χ1n) is 9.75. The van der Waals surface area contributed by atoms with Gasteiger partial charge in [0.05, 0.1) is 0 Å².